The molecule has 1 aliphatic rings. The quantitative estimate of drug-likeness (QED) is 0.654. The first kappa shape index (κ1) is 17.0. The predicted octanol–water partition coefficient (Wildman–Crippen LogP) is 4.53. The van der Waals surface area contributed by atoms with E-state index in [2.05, 4.69) is 26.1 Å². The highest BCUT2D eigenvalue weighted by atomic mass is 16.5. The zero-order valence-corrected chi connectivity index (χ0v) is 13.6. The smallest absolute Gasteiger partial charge is 0.0623 e. The van der Waals surface area contributed by atoms with Crippen molar-refractivity contribution in [2.24, 2.45) is 5.92 Å². The van der Waals surface area contributed by atoms with Crippen LogP contribution in [0.25, 0.3) is 0 Å². The Morgan fingerprint density at radius 2 is 1.79 bits per heavy atom. The first-order valence-corrected chi connectivity index (χ1v) is 8.36. The van der Waals surface area contributed by atoms with Crippen molar-refractivity contribution in [3.63, 3.8) is 0 Å². The lowest BCUT2D eigenvalue weighted by atomic mass is 9.88. The van der Waals surface area contributed by atoms with E-state index >= 15 is 0 Å². The van der Waals surface area contributed by atoms with Crippen molar-refractivity contribution < 1.29 is 4.74 Å². The molecule has 1 saturated carbocycles. The maximum Gasteiger partial charge on any atom is 0.0623 e. The summed E-state index contributed by atoms with van der Waals surface area (Å²) in [5, 5.41) is 3.69. The molecule has 0 bridgehead atoms. The van der Waals surface area contributed by atoms with Crippen LogP contribution in [0.2, 0.25) is 0 Å². The van der Waals surface area contributed by atoms with Crippen molar-refractivity contribution in [2.45, 2.75) is 90.2 Å². The Labute approximate surface area is 120 Å². The Morgan fingerprint density at radius 1 is 1.16 bits per heavy atom. The van der Waals surface area contributed by atoms with Gasteiger partial charge in [-0.05, 0) is 45.6 Å². The first-order chi connectivity index (χ1) is 9.07. The zero-order chi connectivity index (χ0) is 14.1. The van der Waals surface area contributed by atoms with Gasteiger partial charge in [-0.15, -0.1) is 0 Å². The largest absolute Gasteiger partial charge is 0.379 e. The van der Waals surface area contributed by atoms with Crippen LogP contribution < -0.4 is 5.32 Å². The molecule has 1 atom stereocenters. The van der Waals surface area contributed by atoms with Crippen LogP contribution in [0.5, 0.6) is 0 Å². The van der Waals surface area contributed by atoms with Gasteiger partial charge in [0.2, 0.25) is 0 Å². The molecule has 1 N–H and O–H groups in total. The zero-order valence-electron chi connectivity index (χ0n) is 13.6. The van der Waals surface area contributed by atoms with E-state index in [4.69, 9.17) is 4.74 Å². The summed E-state index contributed by atoms with van der Waals surface area (Å²) in [6, 6.07) is 0.683. The molecule has 1 unspecified atom stereocenters. The molecular weight excluding hydrogens is 234 g/mol. The molecular formula is C17H35NO. The maximum atomic E-state index is 5.55. The summed E-state index contributed by atoms with van der Waals surface area (Å²) in [5.74, 6) is 0.956. The van der Waals surface area contributed by atoms with Crippen LogP contribution in [0.15, 0.2) is 0 Å². The molecule has 0 aromatic carbocycles. The minimum atomic E-state index is 0.0249. The fourth-order valence-corrected chi connectivity index (χ4v) is 3.22. The molecule has 0 amide bonds. The average molecular weight is 269 g/mol. The summed E-state index contributed by atoms with van der Waals surface area (Å²) >= 11 is 0. The van der Waals surface area contributed by atoms with E-state index < -0.39 is 0 Å². The number of rotatable bonds is 8. The van der Waals surface area contributed by atoms with Crippen LogP contribution in [0.1, 0.15) is 78.6 Å². The van der Waals surface area contributed by atoms with E-state index in [1.807, 2.05) is 7.11 Å². The molecule has 0 aromatic heterocycles. The molecule has 114 valence electrons. The van der Waals surface area contributed by atoms with Gasteiger partial charge >= 0.3 is 0 Å². The molecule has 1 rings (SSSR count). The lowest BCUT2D eigenvalue weighted by molar-refractivity contribution is 0.0111. The van der Waals surface area contributed by atoms with Gasteiger partial charge in [-0.1, -0.05) is 45.4 Å². The van der Waals surface area contributed by atoms with Gasteiger partial charge in [-0.3, -0.25) is 0 Å². The molecule has 1 aliphatic carbocycles. The van der Waals surface area contributed by atoms with E-state index in [0.717, 1.165) is 18.9 Å². The summed E-state index contributed by atoms with van der Waals surface area (Å²) < 4.78 is 5.55. The third kappa shape index (κ3) is 7.31. The normalized spacial score (nSPS) is 20.2. The van der Waals surface area contributed by atoms with E-state index in [-0.39, 0.29) is 5.60 Å². The molecule has 19 heavy (non-hydrogen) atoms. The second-order valence-electron chi connectivity index (χ2n) is 6.85. The molecule has 2 nitrogen and oxygen atoms in total. The Balaban J connectivity index is 2.38. The summed E-state index contributed by atoms with van der Waals surface area (Å²) in [6.45, 7) is 7.70. The third-order valence-corrected chi connectivity index (χ3v) is 4.73. The summed E-state index contributed by atoms with van der Waals surface area (Å²) in [4.78, 5) is 0. The van der Waals surface area contributed by atoms with Crippen molar-refractivity contribution in [1.29, 1.82) is 0 Å². The molecule has 0 saturated heterocycles. The first-order valence-electron chi connectivity index (χ1n) is 8.36. The molecule has 2 heteroatoms. The second kappa shape index (κ2) is 8.97. The van der Waals surface area contributed by atoms with Crippen molar-refractivity contribution in [1.82, 2.24) is 5.32 Å². The van der Waals surface area contributed by atoms with Crippen LogP contribution in [-0.2, 0) is 4.74 Å². The highest BCUT2D eigenvalue weighted by molar-refractivity contribution is 4.77. The van der Waals surface area contributed by atoms with Crippen LogP contribution in [0.3, 0.4) is 0 Å². The molecule has 1 fully saturated rings. The maximum absolute atomic E-state index is 5.55. The van der Waals surface area contributed by atoms with E-state index in [0.29, 0.717) is 6.04 Å². The van der Waals surface area contributed by atoms with Gasteiger partial charge in [-0.25, -0.2) is 0 Å². The molecule has 0 spiro atoms. The third-order valence-electron chi connectivity index (χ3n) is 4.73. The highest BCUT2D eigenvalue weighted by Gasteiger charge is 2.22. The molecule has 0 aliphatic heterocycles. The van der Waals surface area contributed by atoms with Crippen molar-refractivity contribution in [3.05, 3.63) is 0 Å². The molecule has 0 aromatic rings. The van der Waals surface area contributed by atoms with E-state index in [1.165, 1.54) is 51.4 Å². The Hall–Kier alpha value is -0.0800. The van der Waals surface area contributed by atoms with Crippen LogP contribution >= 0.6 is 0 Å². The number of nitrogens with one attached hydrogen (secondary N) is 1. The minimum Gasteiger partial charge on any atom is -0.379 e. The van der Waals surface area contributed by atoms with Gasteiger partial charge in [0.1, 0.15) is 0 Å². The number of methoxy groups -OCH3 is 1. The topological polar surface area (TPSA) is 21.3 Å². The van der Waals surface area contributed by atoms with Crippen molar-refractivity contribution >= 4 is 0 Å². The fourth-order valence-electron chi connectivity index (χ4n) is 3.22. The molecule has 0 heterocycles. The van der Waals surface area contributed by atoms with Gasteiger partial charge in [0, 0.05) is 13.2 Å². The van der Waals surface area contributed by atoms with Crippen LogP contribution in [0.4, 0.5) is 0 Å². The SMILES string of the molecule is CCNC(CCC(C)(C)OC)CC1CCCCCC1. The number of hydrogen-bond acceptors (Lipinski definition) is 2. The number of ether oxygens (including phenoxy) is 1. The van der Waals surface area contributed by atoms with E-state index in [9.17, 15) is 0 Å². The van der Waals surface area contributed by atoms with Crippen molar-refractivity contribution in [2.75, 3.05) is 13.7 Å². The Morgan fingerprint density at radius 3 is 2.32 bits per heavy atom. The van der Waals surface area contributed by atoms with Gasteiger partial charge in [0.25, 0.3) is 0 Å². The average Bonchev–Trinajstić information content (AvgIpc) is 2.65. The lowest BCUT2D eigenvalue weighted by Gasteiger charge is -2.28. The van der Waals surface area contributed by atoms with E-state index in [1.54, 1.807) is 0 Å². The minimum absolute atomic E-state index is 0.0249. The summed E-state index contributed by atoms with van der Waals surface area (Å²) in [5.41, 5.74) is 0.0249. The van der Waals surface area contributed by atoms with Gasteiger partial charge in [-0.2, -0.15) is 0 Å². The lowest BCUT2D eigenvalue weighted by Crippen LogP contribution is -2.34. The fraction of sp³-hybridized carbons (Fsp3) is 1.00. The Kier molecular flexibility index (Phi) is 8.01. The summed E-state index contributed by atoms with van der Waals surface area (Å²) in [7, 11) is 1.83. The number of hydrogen-bond donors (Lipinski definition) is 1. The predicted molar refractivity (Wildman–Crippen MR) is 83.6 cm³/mol. The second-order valence-corrected chi connectivity index (χ2v) is 6.85. The molecule has 0 radical (unpaired) electrons. The Bertz CT molecular complexity index is 219. The standard InChI is InChI=1S/C17H35NO/c1-5-18-16(12-13-17(2,3)19-4)14-15-10-8-6-7-9-11-15/h15-16,18H,5-14H2,1-4H3. The van der Waals surface area contributed by atoms with Gasteiger partial charge in [0.05, 0.1) is 5.60 Å². The van der Waals surface area contributed by atoms with Crippen molar-refractivity contribution in [3.8, 4) is 0 Å². The van der Waals surface area contributed by atoms with Gasteiger partial charge in [0.15, 0.2) is 0 Å². The van der Waals surface area contributed by atoms with Crippen LogP contribution in [0, 0.1) is 5.92 Å². The monoisotopic (exact) mass is 269 g/mol. The van der Waals surface area contributed by atoms with Crippen LogP contribution in [-0.4, -0.2) is 25.3 Å². The highest BCUT2D eigenvalue weighted by Crippen LogP contribution is 2.28. The summed E-state index contributed by atoms with van der Waals surface area (Å²) in [6.07, 6.45) is 12.5. The van der Waals surface area contributed by atoms with Gasteiger partial charge < -0.3 is 10.1 Å².